The van der Waals surface area contributed by atoms with Gasteiger partial charge in [0.2, 0.25) is 0 Å². The highest BCUT2D eigenvalue weighted by Crippen LogP contribution is 2.24. The van der Waals surface area contributed by atoms with E-state index in [2.05, 4.69) is 0 Å². The molecule has 178 valence electrons. The Morgan fingerprint density at radius 2 is 0.968 bits per heavy atom. The minimum Gasteiger partial charge on any atom is -0.491 e. The molecule has 0 aliphatic heterocycles. The third-order valence-corrected chi connectivity index (χ3v) is 3.93. The molecule has 10 heteroatoms. The summed E-state index contributed by atoms with van der Waals surface area (Å²) in [6, 6.07) is 4.80. The van der Waals surface area contributed by atoms with Crippen LogP contribution in [0, 0.1) is 0 Å². The van der Waals surface area contributed by atoms with Gasteiger partial charge in [-0.2, -0.15) is 0 Å². The lowest BCUT2D eigenvalue weighted by molar-refractivity contribution is 0.0174. The van der Waals surface area contributed by atoms with Crippen molar-refractivity contribution >= 4 is 16.8 Å². The number of ether oxygens (including phenoxy) is 8. The molecule has 0 aliphatic rings. The van der Waals surface area contributed by atoms with Crippen molar-refractivity contribution in [3.05, 3.63) is 23.8 Å². The van der Waals surface area contributed by atoms with E-state index in [0.29, 0.717) is 90.8 Å². The van der Waals surface area contributed by atoms with Crippen LogP contribution in [0.5, 0.6) is 11.5 Å². The molecule has 0 radical (unpaired) electrons. The van der Waals surface area contributed by atoms with Gasteiger partial charge in [0.05, 0.1) is 66.1 Å². The first kappa shape index (κ1) is 27.6. The maximum absolute atomic E-state index is 11.6. The molecular formula is C21H33ClO9. The van der Waals surface area contributed by atoms with Gasteiger partial charge >= 0.3 is 0 Å². The molecule has 0 saturated carbocycles. The lowest BCUT2D eigenvalue weighted by Gasteiger charge is -2.12. The number of halogens is 1. The summed E-state index contributed by atoms with van der Waals surface area (Å²) in [5.41, 5.74) is 0.286. The van der Waals surface area contributed by atoms with E-state index in [1.165, 1.54) is 0 Å². The van der Waals surface area contributed by atoms with Gasteiger partial charge in [0, 0.05) is 25.8 Å². The van der Waals surface area contributed by atoms with Gasteiger partial charge in [0.1, 0.15) is 24.7 Å². The van der Waals surface area contributed by atoms with Gasteiger partial charge in [-0.3, -0.25) is 4.79 Å². The molecule has 0 N–H and O–H groups in total. The molecule has 31 heavy (non-hydrogen) atoms. The summed E-state index contributed by atoms with van der Waals surface area (Å²) in [6.45, 7) is 5.43. The molecule has 0 aliphatic carbocycles. The lowest BCUT2D eigenvalue weighted by atomic mass is 10.2. The van der Waals surface area contributed by atoms with Gasteiger partial charge < -0.3 is 37.9 Å². The van der Waals surface area contributed by atoms with Crippen LogP contribution < -0.4 is 9.47 Å². The number of hydrogen-bond acceptors (Lipinski definition) is 9. The van der Waals surface area contributed by atoms with Crippen LogP contribution in [0.2, 0.25) is 0 Å². The van der Waals surface area contributed by atoms with Crippen molar-refractivity contribution in [1.82, 2.24) is 0 Å². The van der Waals surface area contributed by atoms with E-state index in [9.17, 15) is 4.79 Å². The molecule has 0 bridgehead atoms. The normalized spacial score (nSPS) is 10.9. The van der Waals surface area contributed by atoms with Crippen LogP contribution in [0.15, 0.2) is 18.2 Å². The Morgan fingerprint density at radius 3 is 1.32 bits per heavy atom. The molecule has 0 amide bonds. The number of carbonyl (C=O) groups excluding carboxylic acids is 1. The predicted octanol–water partition coefficient (Wildman–Crippen LogP) is 2.18. The average Bonchev–Trinajstić information content (AvgIpc) is 2.76. The largest absolute Gasteiger partial charge is 0.491 e. The molecule has 1 rings (SSSR count). The van der Waals surface area contributed by atoms with Crippen molar-refractivity contribution in [3.63, 3.8) is 0 Å². The zero-order valence-corrected chi connectivity index (χ0v) is 19.0. The second kappa shape index (κ2) is 19.2. The third kappa shape index (κ3) is 15.1. The molecule has 0 heterocycles. The van der Waals surface area contributed by atoms with Crippen molar-refractivity contribution in [2.45, 2.75) is 0 Å². The van der Waals surface area contributed by atoms with Gasteiger partial charge in [0.25, 0.3) is 5.24 Å². The summed E-state index contributed by atoms with van der Waals surface area (Å²) in [4.78, 5) is 11.6. The molecule has 1 aromatic rings. The highest BCUT2D eigenvalue weighted by Gasteiger charge is 2.08. The van der Waals surface area contributed by atoms with Gasteiger partial charge in [-0.1, -0.05) is 0 Å². The van der Waals surface area contributed by atoms with Gasteiger partial charge in [0.15, 0.2) is 0 Å². The maximum Gasteiger partial charge on any atom is 0.252 e. The molecule has 0 fully saturated rings. The summed E-state index contributed by atoms with van der Waals surface area (Å²) < 4.78 is 42.5. The second-order valence-corrected chi connectivity index (χ2v) is 6.44. The molecule has 9 nitrogen and oxygen atoms in total. The Hall–Kier alpha value is -1.46. The van der Waals surface area contributed by atoms with Crippen LogP contribution in [0.1, 0.15) is 10.4 Å². The third-order valence-electron chi connectivity index (χ3n) is 3.71. The Bertz CT molecular complexity index is 546. The zero-order valence-electron chi connectivity index (χ0n) is 18.3. The van der Waals surface area contributed by atoms with E-state index in [-0.39, 0.29) is 5.56 Å². The van der Waals surface area contributed by atoms with Crippen molar-refractivity contribution < 1.29 is 42.7 Å². The van der Waals surface area contributed by atoms with Crippen LogP contribution in [0.3, 0.4) is 0 Å². The quantitative estimate of drug-likeness (QED) is 0.200. The summed E-state index contributed by atoms with van der Waals surface area (Å²) in [5.74, 6) is 0.933. The Kier molecular flexibility index (Phi) is 17.1. The maximum atomic E-state index is 11.6. The summed E-state index contributed by atoms with van der Waals surface area (Å²) in [6.07, 6.45) is 0. The number of methoxy groups -OCH3 is 2. The van der Waals surface area contributed by atoms with E-state index >= 15 is 0 Å². The van der Waals surface area contributed by atoms with Crippen molar-refractivity contribution in [1.29, 1.82) is 0 Å². The minimum absolute atomic E-state index is 0.286. The standard InChI is InChI=1S/C21H33ClO9/c1-24-3-5-26-7-9-28-11-13-30-19-15-18(21(22)23)16-20(17-19)31-14-12-29-10-8-27-6-4-25-2/h15-17H,3-14H2,1-2H3. The van der Waals surface area contributed by atoms with Crippen LogP contribution in [-0.2, 0) is 28.4 Å². The zero-order chi connectivity index (χ0) is 22.6. The lowest BCUT2D eigenvalue weighted by Crippen LogP contribution is -2.13. The second-order valence-electron chi connectivity index (χ2n) is 6.10. The first-order chi connectivity index (χ1) is 15.2. The fourth-order valence-electron chi connectivity index (χ4n) is 2.22. The fourth-order valence-corrected chi connectivity index (χ4v) is 2.33. The SMILES string of the molecule is COCCOCCOCCOc1cc(OCCOCCOCCOC)cc(C(=O)Cl)c1. The number of hydrogen-bond donors (Lipinski definition) is 0. The van der Waals surface area contributed by atoms with Crippen molar-refractivity contribution in [2.24, 2.45) is 0 Å². The minimum atomic E-state index is -0.593. The summed E-state index contributed by atoms with van der Waals surface area (Å²) >= 11 is 5.61. The Balaban J connectivity index is 2.26. The summed E-state index contributed by atoms with van der Waals surface area (Å²) in [7, 11) is 3.24. The Labute approximate surface area is 188 Å². The number of rotatable bonds is 21. The molecule has 1 aromatic carbocycles. The first-order valence-electron chi connectivity index (χ1n) is 10.1. The summed E-state index contributed by atoms with van der Waals surface area (Å²) in [5, 5.41) is -0.593. The van der Waals surface area contributed by atoms with Crippen LogP contribution >= 0.6 is 11.6 Å². The number of carbonyl (C=O) groups is 1. The van der Waals surface area contributed by atoms with Gasteiger partial charge in [-0.05, 0) is 23.7 Å². The van der Waals surface area contributed by atoms with Crippen LogP contribution in [0.25, 0.3) is 0 Å². The van der Waals surface area contributed by atoms with E-state index in [1.807, 2.05) is 0 Å². The predicted molar refractivity (Wildman–Crippen MR) is 115 cm³/mol. The molecule has 0 saturated heterocycles. The van der Waals surface area contributed by atoms with E-state index in [4.69, 9.17) is 49.5 Å². The highest BCUT2D eigenvalue weighted by atomic mass is 35.5. The van der Waals surface area contributed by atoms with E-state index < -0.39 is 5.24 Å². The van der Waals surface area contributed by atoms with Crippen LogP contribution in [-0.4, -0.2) is 98.7 Å². The molecule has 0 atom stereocenters. The monoisotopic (exact) mass is 464 g/mol. The van der Waals surface area contributed by atoms with Gasteiger partial charge in [-0.25, -0.2) is 0 Å². The smallest absolute Gasteiger partial charge is 0.252 e. The average molecular weight is 465 g/mol. The fraction of sp³-hybridized carbons (Fsp3) is 0.667. The van der Waals surface area contributed by atoms with E-state index in [0.717, 1.165) is 0 Å². The number of benzene rings is 1. The highest BCUT2D eigenvalue weighted by molar-refractivity contribution is 6.67. The molecule has 0 spiro atoms. The topological polar surface area (TPSA) is 90.9 Å². The van der Waals surface area contributed by atoms with Crippen molar-refractivity contribution in [3.8, 4) is 11.5 Å². The molecule has 0 unspecified atom stereocenters. The van der Waals surface area contributed by atoms with Crippen molar-refractivity contribution in [2.75, 3.05) is 93.5 Å². The molecular weight excluding hydrogens is 432 g/mol. The van der Waals surface area contributed by atoms with Crippen LogP contribution in [0.4, 0.5) is 0 Å². The van der Waals surface area contributed by atoms with E-state index in [1.54, 1.807) is 32.4 Å². The first-order valence-corrected chi connectivity index (χ1v) is 10.4. The van der Waals surface area contributed by atoms with Gasteiger partial charge in [-0.15, -0.1) is 0 Å². The Morgan fingerprint density at radius 1 is 0.613 bits per heavy atom. The molecule has 0 aromatic heterocycles.